The molecule has 0 saturated heterocycles. The minimum Gasteiger partial charge on any atom is -0.376 e. The van der Waals surface area contributed by atoms with Crippen LogP contribution in [0.2, 0.25) is 0 Å². The van der Waals surface area contributed by atoms with Crippen molar-refractivity contribution in [2.75, 3.05) is 29.1 Å². The highest BCUT2D eigenvalue weighted by Gasteiger charge is 2.13. The average Bonchev–Trinajstić information content (AvgIpc) is 2.72. The van der Waals surface area contributed by atoms with Gasteiger partial charge < -0.3 is 15.5 Å². The number of anilines is 3. The Morgan fingerprint density at radius 1 is 0.828 bits per heavy atom. The summed E-state index contributed by atoms with van der Waals surface area (Å²) in [5, 5.41) is 5.98. The third-order valence-electron chi connectivity index (χ3n) is 4.54. The molecule has 0 aliphatic rings. The first-order valence-electron chi connectivity index (χ1n) is 9.47. The number of rotatable bonds is 6. The van der Waals surface area contributed by atoms with E-state index in [-0.39, 0.29) is 18.4 Å². The predicted molar refractivity (Wildman–Crippen MR) is 119 cm³/mol. The van der Waals surface area contributed by atoms with E-state index in [4.69, 9.17) is 0 Å². The first-order valence-corrected chi connectivity index (χ1v) is 9.47. The molecular formula is C24H25N3O2. The first-order chi connectivity index (χ1) is 13.9. The Morgan fingerprint density at radius 2 is 1.45 bits per heavy atom. The monoisotopic (exact) mass is 387 g/mol. The number of nitrogens with zero attached hydrogens (tertiary/aromatic N) is 1. The Bertz CT molecular complexity index is 978. The second-order valence-electron chi connectivity index (χ2n) is 7.06. The molecule has 3 rings (SSSR count). The van der Waals surface area contributed by atoms with Crippen LogP contribution < -0.4 is 15.5 Å². The fourth-order valence-corrected chi connectivity index (χ4v) is 3.12. The summed E-state index contributed by atoms with van der Waals surface area (Å²) in [7, 11) is 1.74. The Morgan fingerprint density at radius 3 is 2.07 bits per heavy atom. The maximum Gasteiger partial charge on any atom is 0.258 e. The molecule has 0 unspecified atom stereocenters. The fraction of sp³-hybridized carbons (Fsp3) is 0.167. The Kier molecular flexibility index (Phi) is 6.29. The zero-order valence-electron chi connectivity index (χ0n) is 16.9. The van der Waals surface area contributed by atoms with E-state index in [9.17, 15) is 9.59 Å². The summed E-state index contributed by atoms with van der Waals surface area (Å²) in [4.78, 5) is 26.4. The number of carbonyl (C=O) groups is 2. The highest BCUT2D eigenvalue weighted by atomic mass is 16.2. The lowest BCUT2D eigenvalue weighted by Gasteiger charge is -2.17. The molecule has 2 N–H and O–H groups in total. The summed E-state index contributed by atoms with van der Waals surface area (Å²) in [5.74, 6) is -0.254. The quantitative estimate of drug-likeness (QED) is 0.648. The molecule has 0 aliphatic carbocycles. The number of hydrogen-bond acceptors (Lipinski definition) is 3. The van der Waals surface area contributed by atoms with E-state index in [0.29, 0.717) is 11.3 Å². The zero-order chi connectivity index (χ0) is 20.8. The van der Waals surface area contributed by atoms with Gasteiger partial charge in [0, 0.05) is 29.7 Å². The van der Waals surface area contributed by atoms with Crippen molar-refractivity contribution in [2.45, 2.75) is 13.8 Å². The maximum atomic E-state index is 12.6. The highest BCUT2D eigenvalue weighted by Crippen LogP contribution is 2.17. The van der Waals surface area contributed by atoms with Crippen molar-refractivity contribution in [1.82, 2.24) is 0 Å². The van der Waals surface area contributed by atoms with Crippen LogP contribution in [0.25, 0.3) is 0 Å². The molecule has 3 aromatic carbocycles. The molecule has 0 fully saturated rings. The van der Waals surface area contributed by atoms with Crippen LogP contribution in [0.15, 0.2) is 72.8 Å². The number of benzene rings is 3. The molecule has 148 valence electrons. The molecule has 0 atom stereocenters. The molecule has 0 aromatic heterocycles. The lowest BCUT2D eigenvalue weighted by Crippen LogP contribution is -2.26. The molecule has 0 bridgehead atoms. The molecule has 0 spiro atoms. The third kappa shape index (κ3) is 5.45. The van der Waals surface area contributed by atoms with Gasteiger partial charge >= 0.3 is 0 Å². The van der Waals surface area contributed by atoms with Gasteiger partial charge in [-0.3, -0.25) is 9.59 Å². The van der Waals surface area contributed by atoms with Crippen LogP contribution in [0, 0.1) is 13.8 Å². The number of hydrogen-bond donors (Lipinski definition) is 2. The van der Waals surface area contributed by atoms with E-state index in [2.05, 4.69) is 16.7 Å². The largest absolute Gasteiger partial charge is 0.376 e. The Labute approximate surface area is 171 Å². The second-order valence-corrected chi connectivity index (χ2v) is 7.06. The van der Waals surface area contributed by atoms with E-state index in [1.54, 1.807) is 36.2 Å². The maximum absolute atomic E-state index is 12.6. The molecule has 5 nitrogen and oxygen atoms in total. The molecular weight excluding hydrogens is 362 g/mol. The number of amides is 2. The van der Waals surface area contributed by atoms with Gasteiger partial charge in [-0.2, -0.15) is 0 Å². The lowest BCUT2D eigenvalue weighted by atomic mass is 10.1. The van der Waals surface area contributed by atoms with Gasteiger partial charge in [-0.25, -0.2) is 0 Å². The molecule has 0 aliphatic heterocycles. The Balaban J connectivity index is 1.57. The first kappa shape index (κ1) is 20.1. The van der Waals surface area contributed by atoms with Gasteiger partial charge in [0.05, 0.1) is 6.54 Å². The van der Waals surface area contributed by atoms with Crippen molar-refractivity contribution >= 4 is 28.9 Å². The molecule has 0 heterocycles. The number of carbonyl (C=O) groups excluding carboxylic acids is 2. The highest BCUT2D eigenvalue weighted by molar-refractivity contribution is 6.06. The standard InChI is InChI=1S/C24H25N3O2/c1-17-13-18(2)15-21(14-17)25-16-23(28)26-20-11-9-19(10-12-20)24(29)27(3)22-7-5-4-6-8-22/h4-15,25H,16H2,1-3H3,(H,26,28). The number of nitrogens with one attached hydrogen (secondary N) is 2. The summed E-state index contributed by atoms with van der Waals surface area (Å²) in [6.45, 7) is 4.22. The number of para-hydroxylation sites is 1. The molecule has 2 amide bonds. The van der Waals surface area contributed by atoms with Gasteiger partial charge in [-0.15, -0.1) is 0 Å². The summed E-state index contributed by atoms with van der Waals surface area (Å²) in [6, 6.07) is 22.5. The van der Waals surface area contributed by atoms with Crippen LogP contribution >= 0.6 is 0 Å². The van der Waals surface area contributed by atoms with Crippen molar-refractivity contribution < 1.29 is 9.59 Å². The van der Waals surface area contributed by atoms with E-state index in [0.717, 1.165) is 22.5 Å². The minimum absolute atomic E-state index is 0.106. The van der Waals surface area contributed by atoms with Crippen LogP contribution in [0.1, 0.15) is 21.5 Å². The van der Waals surface area contributed by atoms with E-state index < -0.39 is 0 Å². The molecule has 0 radical (unpaired) electrons. The van der Waals surface area contributed by atoms with Gasteiger partial charge in [0.2, 0.25) is 5.91 Å². The van der Waals surface area contributed by atoms with Crippen LogP contribution in [-0.4, -0.2) is 25.4 Å². The van der Waals surface area contributed by atoms with Crippen molar-refractivity contribution in [3.8, 4) is 0 Å². The molecule has 3 aromatic rings. The number of aryl methyl sites for hydroxylation is 2. The summed E-state index contributed by atoms with van der Waals surface area (Å²) in [5.41, 5.74) is 5.25. The fourth-order valence-electron chi connectivity index (χ4n) is 3.12. The normalized spacial score (nSPS) is 10.3. The summed E-state index contributed by atoms with van der Waals surface area (Å²) >= 11 is 0. The van der Waals surface area contributed by atoms with Crippen LogP contribution in [0.5, 0.6) is 0 Å². The van der Waals surface area contributed by atoms with E-state index in [1.807, 2.05) is 56.3 Å². The van der Waals surface area contributed by atoms with Gasteiger partial charge in [0.15, 0.2) is 0 Å². The SMILES string of the molecule is Cc1cc(C)cc(NCC(=O)Nc2ccc(C(=O)N(C)c3ccccc3)cc2)c1. The lowest BCUT2D eigenvalue weighted by molar-refractivity contribution is -0.114. The predicted octanol–water partition coefficient (Wildman–Crippen LogP) is 4.63. The van der Waals surface area contributed by atoms with Crippen LogP contribution in [0.3, 0.4) is 0 Å². The average molecular weight is 387 g/mol. The minimum atomic E-state index is -0.148. The third-order valence-corrected chi connectivity index (χ3v) is 4.54. The van der Waals surface area contributed by atoms with Crippen LogP contribution in [-0.2, 0) is 4.79 Å². The molecule has 5 heteroatoms. The summed E-state index contributed by atoms with van der Waals surface area (Å²) in [6.07, 6.45) is 0. The van der Waals surface area contributed by atoms with Crippen molar-refractivity contribution in [1.29, 1.82) is 0 Å². The van der Waals surface area contributed by atoms with Gasteiger partial charge in [-0.1, -0.05) is 24.3 Å². The van der Waals surface area contributed by atoms with Crippen molar-refractivity contribution in [3.05, 3.63) is 89.5 Å². The smallest absolute Gasteiger partial charge is 0.258 e. The topological polar surface area (TPSA) is 61.4 Å². The van der Waals surface area contributed by atoms with E-state index >= 15 is 0 Å². The second kappa shape index (κ2) is 9.06. The van der Waals surface area contributed by atoms with Gasteiger partial charge in [0.1, 0.15) is 0 Å². The van der Waals surface area contributed by atoms with Gasteiger partial charge in [-0.05, 0) is 73.5 Å². The van der Waals surface area contributed by atoms with Crippen molar-refractivity contribution in [2.24, 2.45) is 0 Å². The van der Waals surface area contributed by atoms with E-state index in [1.165, 1.54) is 0 Å². The molecule has 0 saturated carbocycles. The van der Waals surface area contributed by atoms with Crippen LogP contribution in [0.4, 0.5) is 17.1 Å². The Hall–Kier alpha value is -3.60. The van der Waals surface area contributed by atoms with Crippen molar-refractivity contribution in [3.63, 3.8) is 0 Å². The summed E-state index contributed by atoms with van der Waals surface area (Å²) < 4.78 is 0. The molecule has 29 heavy (non-hydrogen) atoms. The zero-order valence-corrected chi connectivity index (χ0v) is 16.9. The van der Waals surface area contributed by atoms with Gasteiger partial charge in [0.25, 0.3) is 5.91 Å².